The molecule has 1 saturated heterocycles. The summed E-state index contributed by atoms with van der Waals surface area (Å²) in [6.07, 6.45) is 1.49. The zero-order valence-electron chi connectivity index (χ0n) is 12.4. The molecule has 1 aromatic rings. The van der Waals surface area contributed by atoms with Gasteiger partial charge < -0.3 is 15.6 Å². The summed E-state index contributed by atoms with van der Waals surface area (Å²) in [5, 5.41) is 9.30. The van der Waals surface area contributed by atoms with Gasteiger partial charge in [0.25, 0.3) is 0 Å². The molecule has 1 fully saturated rings. The Bertz CT molecular complexity index is 501. The van der Waals surface area contributed by atoms with Crippen LogP contribution in [0, 0.1) is 11.7 Å². The molecule has 0 aromatic heterocycles. The lowest BCUT2D eigenvalue weighted by Crippen LogP contribution is -2.44. The van der Waals surface area contributed by atoms with Crippen LogP contribution in [-0.2, 0) is 9.53 Å². The fourth-order valence-electron chi connectivity index (χ4n) is 3.20. The molecule has 3 N–H and O–H groups in total. The first kappa shape index (κ1) is 15.9. The first-order valence-electron chi connectivity index (χ1n) is 7.18. The Kier molecular flexibility index (Phi) is 4.64. The Balaban J connectivity index is 2.32. The van der Waals surface area contributed by atoms with Gasteiger partial charge in [0.2, 0.25) is 0 Å². The summed E-state index contributed by atoms with van der Waals surface area (Å²) in [6, 6.07) is 4.95. The van der Waals surface area contributed by atoms with Crippen molar-refractivity contribution in [2.24, 2.45) is 11.7 Å². The van der Waals surface area contributed by atoms with Crippen molar-refractivity contribution in [1.29, 1.82) is 0 Å². The van der Waals surface area contributed by atoms with Crippen LogP contribution in [-0.4, -0.2) is 29.3 Å². The van der Waals surface area contributed by atoms with Gasteiger partial charge in [-0.05, 0) is 50.3 Å². The van der Waals surface area contributed by atoms with E-state index in [9.17, 15) is 14.3 Å². The van der Waals surface area contributed by atoms with Gasteiger partial charge in [0, 0.05) is 12.5 Å². The molecule has 4 nitrogen and oxygen atoms in total. The van der Waals surface area contributed by atoms with E-state index in [1.807, 2.05) is 13.8 Å². The number of carbonyl (C=O) groups is 1. The van der Waals surface area contributed by atoms with Crippen molar-refractivity contribution in [3.05, 3.63) is 35.6 Å². The molecular formula is C16H22FNO3. The Hall–Kier alpha value is -1.46. The molecular weight excluding hydrogens is 273 g/mol. The van der Waals surface area contributed by atoms with Gasteiger partial charge in [0.15, 0.2) is 0 Å². The number of halogens is 1. The summed E-state index contributed by atoms with van der Waals surface area (Å²) in [5.41, 5.74) is 6.40. The number of rotatable bonds is 4. The third-order valence-electron chi connectivity index (χ3n) is 4.17. The normalized spacial score (nSPS) is 24.3. The largest absolute Gasteiger partial charge is 0.480 e. The highest BCUT2D eigenvalue weighted by Gasteiger charge is 2.38. The molecule has 1 heterocycles. The van der Waals surface area contributed by atoms with Gasteiger partial charge in [-0.1, -0.05) is 12.1 Å². The van der Waals surface area contributed by atoms with Crippen molar-refractivity contribution in [1.82, 2.24) is 0 Å². The van der Waals surface area contributed by atoms with Crippen molar-refractivity contribution >= 4 is 5.97 Å². The number of hydrogen-bond donors (Lipinski definition) is 2. The van der Waals surface area contributed by atoms with E-state index < -0.39 is 12.0 Å². The molecule has 1 aromatic carbocycles. The summed E-state index contributed by atoms with van der Waals surface area (Å²) < 4.78 is 18.8. The number of hydrogen-bond acceptors (Lipinski definition) is 3. The Morgan fingerprint density at radius 2 is 2.05 bits per heavy atom. The highest BCUT2D eigenvalue weighted by molar-refractivity contribution is 5.74. The van der Waals surface area contributed by atoms with E-state index in [4.69, 9.17) is 10.5 Å². The maximum absolute atomic E-state index is 13.1. The van der Waals surface area contributed by atoms with Gasteiger partial charge in [-0.15, -0.1) is 0 Å². The Morgan fingerprint density at radius 3 is 2.57 bits per heavy atom. The minimum Gasteiger partial charge on any atom is -0.480 e. The molecule has 1 aliphatic heterocycles. The second-order valence-corrected chi connectivity index (χ2v) is 6.30. The highest BCUT2D eigenvalue weighted by Crippen LogP contribution is 2.39. The molecule has 0 bridgehead atoms. The quantitative estimate of drug-likeness (QED) is 0.895. The van der Waals surface area contributed by atoms with Crippen LogP contribution in [0.3, 0.4) is 0 Å². The lowest BCUT2D eigenvalue weighted by molar-refractivity contribution is -0.140. The van der Waals surface area contributed by atoms with E-state index in [0.717, 1.165) is 18.4 Å². The Labute approximate surface area is 124 Å². The summed E-state index contributed by atoms with van der Waals surface area (Å²) in [5.74, 6) is -1.61. The van der Waals surface area contributed by atoms with Gasteiger partial charge in [-0.2, -0.15) is 0 Å². The predicted molar refractivity (Wildman–Crippen MR) is 77.5 cm³/mol. The van der Waals surface area contributed by atoms with Crippen LogP contribution in [0.15, 0.2) is 24.3 Å². The van der Waals surface area contributed by atoms with Gasteiger partial charge in [-0.25, -0.2) is 4.39 Å². The second-order valence-electron chi connectivity index (χ2n) is 6.30. The molecule has 0 radical (unpaired) electrons. The topological polar surface area (TPSA) is 72.6 Å². The molecule has 1 aliphatic rings. The maximum Gasteiger partial charge on any atom is 0.321 e. The minimum atomic E-state index is -1.03. The third kappa shape index (κ3) is 3.80. The summed E-state index contributed by atoms with van der Waals surface area (Å²) >= 11 is 0. The molecule has 0 spiro atoms. The van der Waals surface area contributed by atoms with E-state index in [1.165, 1.54) is 12.1 Å². The van der Waals surface area contributed by atoms with Crippen molar-refractivity contribution in [2.75, 3.05) is 6.61 Å². The van der Waals surface area contributed by atoms with Crippen LogP contribution < -0.4 is 5.73 Å². The smallest absolute Gasteiger partial charge is 0.321 e. The van der Waals surface area contributed by atoms with Gasteiger partial charge in [0.1, 0.15) is 11.9 Å². The fraction of sp³-hybridized carbons (Fsp3) is 0.562. The Morgan fingerprint density at radius 1 is 1.43 bits per heavy atom. The molecule has 21 heavy (non-hydrogen) atoms. The van der Waals surface area contributed by atoms with Crippen molar-refractivity contribution in [3.8, 4) is 0 Å². The number of nitrogens with two attached hydrogens (primary N) is 1. The van der Waals surface area contributed by atoms with Crippen molar-refractivity contribution < 1.29 is 19.0 Å². The van der Waals surface area contributed by atoms with E-state index in [2.05, 4.69) is 0 Å². The summed E-state index contributed by atoms with van der Waals surface area (Å²) in [7, 11) is 0. The first-order chi connectivity index (χ1) is 9.80. The zero-order valence-corrected chi connectivity index (χ0v) is 12.4. The standard InChI is InChI=1S/C16H22FNO3/c1-16(2)9-11(7-8-21-16)13(14(18)15(19)20)10-3-5-12(17)6-4-10/h3-6,11,13-14H,7-9,18H2,1-2H3,(H,19,20)/t11-,13-,14-/m0/s1. The number of carboxylic acid groups (broad SMARTS) is 1. The average molecular weight is 295 g/mol. The van der Waals surface area contributed by atoms with E-state index >= 15 is 0 Å². The minimum absolute atomic E-state index is 0.102. The lowest BCUT2D eigenvalue weighted by Gasteiger charge is -2.40. The second kappa shape index (κ2) is 6.12. The van der Waals surface area contributed by atoms with Gasteiger partial charge in [-0.3, -0.25) is 4.79 Å². The number of carboxylic acids is 1. The summed E-state index contributed by atoms with van der Waals surface area (Å²) in [4.78, 5) is 11.4. The van der Waals surface area contributed by atoms with Crippen LogP contribution >= 0.6 is 0 Å². The monoisotopic (exact) mass is 295 g/mol. The number of aliphatic carboxylic acids is 1. The van der Waals surface area contributed by atoms with E-state index in [1.54, 1.807) is 12.1 Å². The first-order valence-corrected chi connectivity index (χ1v) is 7.18. The number of benzene rings is 1. The van der Waals surface area contributed by atoms with E-state index in [0.29, 0.717) is 6.61 Å². The fourth-order valence-corrected chi connectivity index (χ4v) is 3.20. The molecule has 5 heteroatoms. The highest BCUT2D eigenvalue weighted by atomic mass is 19.1. The van der Waals surface area contributed by atoms with Gasteiger partial charge >= 0.3 is 5.97 Å². The van der Waals surface area contributed by atoms with Crippen LogP contribution in [0.2, 0.25) is 0 Å². The SMILES string of the molecule is CC1(C)C[C@@H]([C@H](c2ccc(F)cc2)[C@H](N)C(=O)O)CCO1. The van der Waals surface area contributed by atoms with E-state index in [-0.39, 0.29) is 23.3 Å². The maximum atomic E-state index is 13.1. The predicted octanol–water partition coefficient (Wildman–Crippen LogP) is 2.53. The molecule has 0 saturated carbocycles. The molecule has 2 rings (SSSR count). The van der Waals surface area contributed by atoms with Crippen LogP contribution in [0.5, 0.6) is 0 Å². The van der Waals surface area contributed by atoms with Crippen LogP contribution in [0.1, 0.15) is 38.2 Å². The van der Waals surface area contributed by atoms with Crippen LogP contribution in [0.25, 0.3) is 0 Å². The third-order valence-corrected chi connectivity index (χ3v) is 4.17. The van der Waals surface area contributed by atoms with Crippen LogP contribution in [0.4, 0.5) is 4.39 Å². The van der Waals surface area contributed by atoms with Gasteiger partial charge in [0.05, 0.1) is 5.60 Å². The van der Waals surface area contributed by atoms with Crippen molar-refractivity contribution in [3.63, 3.8) is 0 Å². The average Bonchev–Trinajstić information content (AvgIpc) is 2.40. The molecule has 3 atom stereocenters. The zero-order chi connectivity index (χ0) is 15.6. The molecule has 0 unspecified atom stereocenters. The molecule has 116 valence electrons. The van der Waals surface area contributed by atoms with Crippen molar-refractivity contribution in [2.45, 2.75) is 44.2 Å². The molecule has 0 aliphatic carbocycles. The lowest BCUT2D eigenvalue weighted by atomic mass is 9.73. The molecule has 0 amide bonds. The summed E-state index contributed by atoms with van der Waals surface area (Å²) in [6.45, 7) is 4.57. The number of ether oxygens (including phenoxy) is 1.